The van der Waals surface area contributed by atoms with E-state index in [0.29, 0.717) is 15.7 Å². The molecule has 1 aromatic rings. The van der Waals surface area contributed by atoms with Crippen LogP contribution in [-0.4, -0.2) is 37.6 Å². The third kappa shape index (κ3) is 2.45. The van der Waals surface area contributed by atoms with Gasteiger partial charge in [-0.2, -0.15) is 5.26 Å². The van der Waals surface area contributed by atoms with Gasteiger partial charge in [-0.15, -0.1) is 0 Å². The predicted octanol–water partition coefficient (Wildman–Crippen LogP) is 1.80. The zero-order valence-electron chi connectivity index (χ0n) is 11.7. The molecule has 0 aliphatic carbocycles. The summed E-state index contributed by atoms with van der Waals surface area (Å²) in [5, 5.41) is 19.6. The first-order valence-electron chi connectivity index (χ1n) is 6.04. The van der Waals surface area contributed by atoms with Gasteiger partial charge in [0.1, 0.15) is 11.6 Å². The van der Waals surface area contributed by atoms with Crippen molar-refractivity contribution in [3.63, 3.8) is 0 Å². The smallest absolute Gasteiger partial charge is 0.416 e. The molecule has 0 bridgehead atoms. The van der Waals surface area contributed by atoms with Crippen LogP contribution < -0.4 is 4.90 Å². The first kappa shape index (κ1) is 16.0. The molecule has 1 aliphatic rings. The summed E-state index contributed by atoms with van der Waals surface area (Å²) in [7, 11) is 2.29. The van der Waals surface area contributed by atoms with E-state index < -0.39 is 18.3 Å². The Labute approximate surface area is 134 Å². The van der Waals surface area contributed by atoms with E-state index >= 15 is 0 Å². The van der Waals surface area contributed by atoms with Crippen molar-refractivity contribution in [3.8, 4) is 6.07 Å². The summed E-state index contributed by atoms with van der Waals surface area (Å²) >= 11 is 3.27. The highest BCUT2D eigenvalue weighted by atomic mass is 79.9. The molecule has 1 N–H and O–H groups in total. The van der Waals surface area contributed by atoms with Crippen LogP contribution in [0.2, 0.25) is 0 Å². The second kappa shape index (κ2) is 6.17. The normalized spacial score (nSPS) is 18.3. The van der Waals surface area contributed by atoms with Crippen molar-refractivity contribution in [1.82, 2.24) is 0 Å². The standard InChI is InChI=1S/C14H11BrN2O5/c1-21-13(19)9(6-16)11-8-4-3-7(15)5-10(8)17(12(11)18)14(20)22-2/h3-5,12,18H,1-2H3/b11-9+. The van der Waals surface area contributed by atoms with Crippen LogP contribution in [0.1, 0.15) is 5.56 Å². The predicted molar refractivity (Wildman–Crippen MR) is 79.6 cm³/mol. The van der Waals surface area contributed by atoms with Crippen molar-refractivity contribution < 1.29 is 24.2 Å². The summed E-state index contributed by atoms with van der Waals surface area (Å²) in [6, 6.07) is 6.54. The van der Waals surface area contributed by atoms with E-state index in [9.17, 15) is 20.0 Å². The van der Waals surface area contributed by atoms with Gasteiger partial charge in [0.15, 0.2) is 6.23 Å². The fraction of sp³-hybridized carbons (Fsp3) is 0.214. The van der Waals surface area contributed by atoms with E-state index in [1.54, 1.807) is 24.3 Å². The second-order valence-corrected chi connectivity index (χ2v) is 5.18. The fourth-order valence-electron chi connectivity index (χ4n) is 2.21. The average molecular weight is 367 g/mol. The Balaban J connectivity index is 2.75. The number of carbonyl (C=O) groups is 2. The Morgan fingerprint density at radius 1 is 1.36 bits per heavy atom. The first-order valence-corrected chi connectivity index (χ1v) is 6.83. The van der Waals surface area contributed by atoms with Gasteiger partial charge in [0.25, 0.3) is 0 Å². The van der Waals surface area contributed by atoms with Crippen LogP contribution in [0, 0.1) is 11.3 Å². The number of methoxy groups -OCH3 is 2. The number of benzene rings is 1. The molecular formula is C14H11BrN2O5. The molecule has 1 aromatic carbocycles. The van der Waals surface area contributed by atoms with Crippen molar-refractivity contribution >= 4 is 39.3 Å². The number of hydrogen-bond acceptors (Lipinski definition) is 6. The van der Waals surface area contributed by atoms with Gasteiger partial charge >= 0.3 is 12.1 Å². The molecule has 0 fully saturated rings. The lowest BCUT2D eigenvalue weighted by molar-refractivity contribution is -0.135. The Bertz CT molecular complexity index is 722. The molecule has 1 heterocycles. The number of aliphatic hydroxyl groups excluding tert-OH is 1. The van der Waals surface area contributed by atoms with Crippen molar-refractivity contribution in [1.29, 1.82) is 5.26 Å². The molecule has 1 unspecified atom stereocenters. The maximum absolute atomic E-state index is 11.9. The largest absolute Gasteiger partial charge is 0.465 e. The van der Waals surface area contributed by atoms with Crippen molar-refractivity contribution in [3.05, 3.63) is 33.8 Å². The third-order valence-electron chi connectivity index (χ3n) is 3.15. The molecule has 0 radical (unpaired) electrons. The number of hydrogen-bond donors (Lipinski definition) is 1. The van der Waals surface area contributed by atoms with E-state index in [1.165, 1.54) is 7.11 Å². The number of halogens is 1. The number of esters is 1. The van der Waals surface area contributed by atoms with E-state index in [0.717, 1.165) is 12.0 Å². The van der Waals surface area contributed by atoms with Crippen LogP contribution >= 0.6 is 15.9 Å². The Morgan fingerprint density at radius 2 is 2.05 bits per heavy atom. The number of fused-ring (bicyclic) bond motifs is 1. The highest BCUT2D eigenvalue weighted by molar-refractivity contribution is 9.10. The minimum absolute atomic E-state index is 0.00208. The first-order chi connectivity index (χ1) is 10.5. The quantitative estimate of drug-likeness (QED) is 0.462. The van der Waals surface area contributed by atoms with Gasteiger partial charge in [0, 0.05) is 15.6 Å². The van der Waals surface area contributed by atoms with Crippen LogP contribution in [0.25, 0.3) is 5.57 Å². The molecule has 7 nitrogen and oxygen atoms in total. The zero-order chi connectivity index (χ0) is 16.4. The van der Waals surface area contributed by atoms with Crippen LogP contribution in [0.15, 0.2) is 28.2 Å². The lowest BCUT2D eigenvalue weighted by Crippen LogP contribution is -2.37. The van der Waals surface area contributed by atoms with Gasteiger partial charge in [-0.1, -0.05) is 22.0 Å². The van der Waals surface area contributed by atoms with Gasteiger partial charge in [-0.3, -0.25) is 0 Å². The summed E-state index contributed by atoms with van der Waals surface area (Å²) in [6.07, 6.45) is -2.34. The van der Waals surface area contributed by atoms with E-state index in [2.05, 4.69) is 25.4 Å². The highest BCUT2D eigenvalue weighted by Gasteiger charge is 2.40. The molecule has 1 atom stereocenters. The number of anilines is 1. The maximum Gasteiger partial charge on any atom is 0.416 e. The summed E-state index contributed by atoms with van der Waals surface area (Å²) in [5.41, 5.74) is 0.329. The van der Waals surface area contributed by atoms with E-state index in [4.69, 9.17) is 0 Å². The lowest BCUT2D eigenvalue weighted by Gasteiger charge is -2.20. The van der Waals surface area contributed by atoms with Crippen LogP contribution in [-0.2, 0) is 14.3 Å². The van der Waals surface area contributed by atoms with E-state index in [1.807, 2.05) is 0 Å². The number of amides is 1. The number of rotatable bonds is 1. The molecule has 1 aliphatic heterocycles. The van der Waals surface area contributed by atoms with Crippen molar-refractivity contribution in [2.45, 2.75) is 6.23 Å². The topological polar surface area (TPSA) is 99.9 Å². The monoisotopic (exact) mass is 366 g/mol. The van der Waals surface area contributed by atoms with Crippen LogP contribution in [0.3, 0.4) is 0 Å². The molecule has 0 spiro atoms. The summed E-state index contributed by atoms with van der Waals surface area (Å²) in [6.45, 7) is 0. The van der Waals surface area contributed by atoms with Crippen LogP contribution in [0.4, 0.5) is 10.5 Å². The maximum atomic E-state index is 11.9. The number of nitrogens with zero attached hydrogens (tertiary/aromatic N) is 2. The molecule has 0 aromatic heterocycles. The molecule has 1 amide bonds. The Kier molecular flexibility index (Phi) is 4.49. The lowest BCUT2D eigenvalue weighted by atomic mass is 10.0. The Morgan fingerprint density at radius 3 is 2.59 bits per heavy atom. The van der Waals surface area contributed by atoms with Crippen LogP contribution in [0.5, 0.6) is 0 Å². The highest BCUT2D eigenvalue weighted by Crippen LogP contribution is 2.42. The van der Waals surface area contributed by atoms with Gasteiger partial charge < -0.3 is 14.6 Å². The molecule has 8 heteroatoms. The van der Waals surface area contributed by atoms with Gasteiger partial charge in [-0.25, -0.2) is 14.5 Å². The third-order valence-corrected chi connectivity index (χ3v) is 3.65. The van der Waals surface area contributed by atoms with Gasteiger partial charge in [0.2, 0.25) is 0 Å². The summed E-state index contributed by atoms with van der Waals surface area (Å²) < 4.78 is 9.85. The van der Waals surface area contributed by atoms with Crippen molar-refractivity contribution in [2.75, 3.05) is 19.1 Å². The fourth-order valence-corrected chi connectivity index (χ4v) is 2.56. The summed E-state index contributed by atoms with van der Waals surface area (Å²) in [5.74, 6) is -0.892. The molecule has 0 saturated heterocycles. The number of aliphatic hydroxyl groups is 1. The number of carbonyl (C=O) groups excluding carboxylic acids is 2. The SMILES string of the molecule is COC(=O)/C(C#N)=C1\c2ccc(Br)cc2N(C(=O)OC)C1O. The van der Waals surface area contributed by atoms with Gasteiger partial charge in [-0.05, 0) is 12.1 Å². The molecular weight excluding hydrogens is 356 g/mol. The molecule has 2 rings (SSSR count). The minimum Gasteiger partial charge on any atom is -0.465 e. The molecule has 0 saturated carbocycles. The van der Waals surface area contributed by atoms with Gasteiger partial charge in [0.05, 0.1) is 19.9 Å². The average Bonchev–Trinajstić information content (AvgIpc) is 2.79. The van der Waals surface area contributed by atoms with E-state index in [-0.39, 0.29) is 11.1 Å². The van der Waals surface area contributed by atoms with Crippen molar-refractivity contribution in [2.24, 2.45) is 0 Å². The molecule has 22 heavy (non-hydrogen) atoms. The number of ether oxygens (including phenoxy) is 2. The second-order valence-electron chi connectivity index (χ2n) is 4.27. The Hall–Kier alpha value is -2.37. The number of nitriles is 1. The molecule has 114 valence electrons. The summed E-state index contributed by atoms with van der Waals surface area (Å²) in [4.78, 5) is 24.6. The minimum atomic E-state index is -1.52. The zero-order valence-corrected chi connectivity index (χ0v) is 13.2.